The zero-order chi connectivity index (χ0) is 4.41. The van der Waals surface area contributed by atoms with E-state index in [1.807, 2.05) is 0 Å². The maximum absolute atomic E-state index is 4.48. The average Bonchev–Trinajstić information content (AvgIpc) is 1.31. The normalized spacial score (nSPS) is 19.0. The minimum absolute atomic E-state index is 1.13. The van der Waals surface area contributed by atoms with Crippen molar-refractivity contribution in [2.24, 2.45) is 0 Å². The number of rotatable bonds is 0. The van der Waals surface area contributed by atoms with Crippen molar-refractivity contribution in [1.82, 2.24) is 0 Å². The van der Waals surface area contributed by atoms with E-state index in [2.05, 4.69) is 17.2 Å². The summed E-state index contributed by atoms with van der Waals surface area (Å²) in [6.07, 6.45) is 0. The molecule has 1 aliphatic heterocycles. The van der Waals surface area contributed by atoms with Gasteiger partial charge in [0.2, 0.25) is 9.83 Å². The van der Waals surface area contributed by atoms with Gasteiger partial charge in [0, 0.05) is 5.02 Å². The van der Waals surface area contributed by atoms with Gasteiger partial charge in [0.25, 0.3) is 0 Å². The second-order valence-electron chi connectivity index (χ2n) is 0.624. The molecule has 0 amide bonds. The lowest BCUT2D eigenvalue weighted by Gasteiger charge is -1.84. The van der Waals surface area contributed by atoms with Crippen LogP contribution in [0.25, 0.3) is 0 Å². The van der Waals surface area contributed by atoms with E-state index < -0.39 is 0 Å². The first-order valence-corrected chi connectivity index (χ1v) is 5.09. The van der Waals surface area contributed by atoms with E-state index in [1.54, 1.807) is 31.4 Å². The molecular weight excluding hydrogens is 152 g/mol. The van der Waals surface area contributed by atoms with Gasteiger partial charge in [-0.05, 0) is 12.2 Å². The molecule has 1 saturated heterocycles. The van der Waals surface area contributed by atoms with Crippen molar-refractivity contribution < 1.29 is 0 Å². The molecule has 6 heavy (non-hydrogen) atoms. The van der Waals surface area contributed by atoms with E-state index in [-0.39, 0.29) is 0 Å². The molecule has 31 valence electrons. The van der Waals surface area contributed by atoms with Crippen LogP contribution in [0.1, 0.15) is 0 Å². The van der Waals surface area contributed by atoms with Crippen molar-refractivity contribution in [3.8, 4) is 0 Å². The van der Waals surface area contributed by atoms with Crippen molar-refractivity contribution in [2.45, 2.75) is 0 Å². The van der Waals surface area contributed by atoms with Crippen molar-refractivity contribution >= 4 is 48.7 Å². The Balaban J connectivity index is 2.55. The summed E-state index contributed by atoms with van der Waals surface area (Å²) in [5.74, 6) is 0. The number of hydrogen-bond acceptors (Lipinski definition) is 4. The third kappa shape index (κ3) is 0.950. The van der Waals surface area contributed by atoms with Crippen LogP contribution in [0.15, 0.2) is 4.24 Å². The molecule has 1 rings (SSSR count). The van der Waals surface area contributed by atoms with Crippen LogP contribution < -0.4 is 0 Å². The third-order valence-corrected chi connectivity index (χ3v) is 5.17. The Morgan fingerprint density at radius 3 is 2.50 bits per heavy atom. The molecule has 0 atom stereocenters. The summed E-state index contributed by atoms with van der Waals surface area (Å²) in [4.78, 5) is 0. The summed E-state index contributed by atoms with van der Waals surface area (Å²) in [6.45, 7) is 0. The van der Waals surface area contributed by atoms with Crippen LogP contribution in [-0.4, -0.2) is 5.02 Å². The molecule has 0 saturated carbocycles. The first kappa shape index (κ1) is 5.06. The van der Waals surface area contributed by atoms with Crippen LogP contribution in [-0.2, 0) is 10.8 Å². The fourth-order valence-corrected chi connectivity index (χ4v) is 2.76. The van der Waals surface area contributed by atoms with Gasteiger partial charge in [0.15, 0.2) is 0 Å². The van der Waals surface area contributed by atoms with E-state index in [4.69, 9.17) is 0 Å². The molecule has 4 heteroatoms. The zero-order valence-electron chi connectivity index (χ0n) is 2.63. The first-order valence-electron chi connectivity index (χ1n) is 1.20. The van der Waals surface area contributed by atoms with Crippen molar-refractivity contribution in [3.05, 3.63) is 4.24 Å². The monoisotopic (exact) mass is 152 g/mol. The highest BCUT2D eigenvalue weighted by atomic mass is 33.5. The zero-order valence-corrected chi connectivity index (χ0v) is 5.90. The largest absolute Gasteiger partial charge is 0.356 e. The summed E-state index contributed by atoms with van der Waals surface area (Å²) >= 11 is 4.48. The van der Waals surface area contributed by atoms with Gasteiger partial charge in [-0.25, -0.2) is 0 Å². The average molecular weight is 152 g/mol. The van der Waals surface area contributed by atoms with Gasteiger partial charge in [-0.15, -0.1) is 0 Å². The maximum atomic E-state index is 4.48. The Labute approximate surface area is 52.9 Å². The highest BCUT2D eigenvalue weighted by molar-refractivity contribution is 9.14. The van der Waals surface area contributed by atoms with Gasteiger partial charge in [0.05, 0.1) is 10.8 Å². The van der Waals surface area contributed by atoms with Crippen molar-refractivity contribution in [3.63, 3.8) is 0 Å². The molecule has 1 radical (unpaired) electrons. The molecular formula is C2S4+. The summed E-state index contributed by atoms with van der Waals surface area (Å²) in [5.41, 5.74) is 0. The van der Waals surface area contributed by atoms with Gasteiger partial charge in [-0.2, -0.15) is 0 Å². The van der Waals surface area contributed by atoms with Gasteiger partial charge in [0.1, 0.15) is 0 Å². The van der Waals surface area contributed by atoms with Crippen LogP contribution in [0.3, 0.4) is 0 Å². The SMILES string of the molecule is S=C=C1SS[S+]1. The molecule has 1 heterocycles. The molecule has 0 unspecified atom stereocenters. The fourth-order valence-electron chi connectivity index (χ4n) is 0.102. The second kappa shape index (κ2) is 2.28. The molecule has 0 aliphatic carbocycles. The Bertz CT molecular complexity index is 94.1. The lowest BCUT2D eigenvalue weighted by Crippen LogP contribution is -1.80. The van der Waals surface area contributed by atoms with E-state index in [0.717, 1.165) is 4.24 Å². The lowest BCUT2D eigenvalue weighted by atomic mass is 11.2. The highest BCUT2D eigenvalue weighted by Crippen LogP contribution is 2.45. The predicted octanol–water partition coefficient (Wildman–Crippen LogP) is 1.82. The Kier molecular flexibility index (Phi) is 1.93. The molecule has 0 N–H and O–H groups in total. The van der Waals surface area contributed by atoms with E-state index in [1.165, 1.54) is 0 Å². The van der Waals surface area contributed by atoms with Crippen LogP contribution >= 0.6 is 32.8 Å². The lowest BCUT2D eigenvalue weighted by molar-refractivity contribution is 2.80. The predicted molar refractivity (Wildman–Crippen MR) is 38.7 cm³/mol. The fraction of sp³-hybridized carbons (Fsp3) is 0. The minimum atomic E-state index is 1.13. The van der Waals surface area contributed by atoms with Gasteiger partial charge < -0.3 is 0 Å². The molecule has 0 nitrogen and oxygen atoms in total. The van der Waals surface area contributed by atoms with Crippen LogP contribution in [0.2, 0.25) is 0 Å². The van der Waals surface area contributed by atoms with Gasteiger partial charge in [-0.1, -0.05) is 0 Å². The maximum Gasteiger partial charge on any atom is 0.356 e. The molecule has 0 spiro atoms. The first-order chi connectivity index (χ1) is 2.93. The molecule has 0 aromatic carbocycles. The van der Waals surface area contributed by atoms with E-state index >= 15 is 0 Å². The van der Waals surface area contributed by atoms with Gasteiger partial charge >= 0.3 is 15.0 Å². The Morgan fingerprint density at radius 1 is 1.83 bits per heavy atom. The Hall–Kier alpha value is 0.920. The number of hydrogen-bond donors (Lipinski definition) is 0. The quantitative estimate of drug-likeness (QED) is 0.295. The van der Waals surface area contributed by atoms with Crippen LogP contribution in [0.5, 0.6) is 0 Å². The smallest absolute Gasteiger partial charge is 0.0216 e. The highest BCUT2D eigenvalue weighted by Gasteiger charge is 2.32. The summed E-state index contributed by atoms with van der Waals surface area (Å²) < 4.78 is 1.13. The Morgan fingerprint density at radius 2 is 2.50 bits per heavy atom. The van der Waals surface area contributed by atoms with E-state index in [9.17, 15) is 0 Å². The summed E-state index contributed by atoms with van der Waals surface area (Å²) in [6, 6.07) is 0. The molecule has 1 aliphatic rings. The number of thiocarbonyl (C=S) groups is 1. The van der Waals surface area contributed by atoms with E-state index in [0.29, 0.717) is 0 Å². The second-order valence-corrected chi connectivity index (χ2v) is 5.01. The third-order valence-electron chi connectivity index (χ3n) is 0.303. The standard InChI is InChI=1S/C2S4/c3-1-2-4-6-5-2/q+1. The summed E-state index contributed by atoms with van der Waals surface area (Å²) in [7, 11) is 5.11. The van der Waals surface area contributed by atoms with Crippen molar-refractivity contribution in [2.75, 3.05) is 0 Å². The molecule has 0 aromatic rings. The topological polar surface area (TPSA) is 0 Å². The van der Waals surface area contributed by atoms with Crippen molar-refractivity contribution in [1.29, 1.82) is 0 Å². The molecule has 1 fully saturated rings. The van der Waals surface area contributed by atoms with Gasteiger partial charge in [-0.3, -0.25) is 0 Å². The minimum Gasteiger partial charge on any atom is -0.0216 e. The molecule has 0 aromatic heterocycles. The van der Waals surface area contributed by atoms with Crippen LogP contribution in [0.4, 0.5) is 0 Å². The summed E-state index contributed by atoms with van der Waals surface area (Å²) in [5, 5.41) is 2.61. The molecule has 0 bridgehead atoms. The van der Waals surface area contributed by atoms with Crippen LogP contribution in [0, 0.1) is 0 Å².